The number of benzene rings is 2. The lowest BCUT2D eigenvalue weighted by Crippen LogP contribution is -2.17. The molecule has 130 valence electrons. The Balaban J connectivity index is 2.12. The molecule has 0 saturated carbocycles. The van der Waals surface area contributed by atoms with Crippen molar-refractivity contribution in [2.45, 2.75) is 13.5 Å². The van der Waals surface area contributed by atoms with E-state index >= 15 is 0 Å². The van der Waals surface area contributed by atoms with E-state index in [1.54, 1.807) is 0 Å². The van der Waals surface area contributed by atoms with Crippen LogP contribution in [0.15, 0.2) is 41.4 Å². The number of rotatable bonds is 3. The Labute approximate surface area is 151 Å². The molecule has 1 aromatic heterocycles. The molecule has 0 atom stereocenters. The molecule has 0 saturated heterocycles. The van der Waals surface area contributed by atoms with Gasteiger partial charge in [0.25, 0.3) is 5.91 Å². The maximum Gasteiger partial charge on any atom is 0.279 e. The summed E-state index contributed by atoms with van der Waals surface area (Å²) >= 11 is 0.969. The minimum Gasteiger partial charge on any atom is -0.302 e. The molecule has 3 aromatic rings. The number of halogens is 2. The van der Waals surface area contributed by atoms with Crippen LogP contribution in [0.4, 0.5) is 8.78 Å². The summed E-state index contributed by atoms with van der Waals surface area (Å²) in [5.74, 6) is 0.198. The van der Waals surface area contributed by atoms with Gasteiger partial charge in [0.2, 0.25) is 0 Å². The minimum absolute atomic E-state index is 0.0159. The highest BCUT2D eigenvalue weighted by atomic mass is 32.1. The number of carbonyl (C=O) groups excluding carboxylic acids is 2. The van der Waals surface area contributed by atoms with Gasteiger partial charge >= 0.3 is 0 Å². The van der Waals surface area contributed by atoms with Crippen LogP contribution in [0.1, 0.15) is 27.6 Å². The molecular weight excluding hydrogens is 358 g/mol. The number of amides is 1. The largest absolute Gasteiger partial charge is 0.302 e. The highest BCUT2D eigenvalue weighted by molar-refractivity contribution is 7.16. The number of aromatic nitrogens is 1. The number of carbonyl (C=O) groups is 2. The van der Waals surface area contributed by atoms with Crippen LogP contribution in [0.3, 0.4) is 0 Å². The maximum atomic E-state index is 14.1. The molecule has 0 unspecified atom stereocenters. The van der Waals surface area contributed by atoms with Gasteiger partial charge in [-0.15, -0.1) is 6.42 Å². The van der Waals surface area contributed by atoms with Gasteiger partial charge in [0.1, 0.15) is 5.82 Å². The summed E-state index contributed by atoms with van der Waals surface area (Å²) < 4.78 is 29.2. The van der Waals surface area contributed by atoms with Crippen LogP contribution in [0, 0.1) is 24.0 Å². The summed E-state index contributed by atoms with van der Waals surface area (Å²) in [4.78, 5) is 27.9. The van der Waals surface area contributed by atoms with E-state index in [1.807, 2.05) is 0 Å². The van der Waals surface area contributed by atoms with Gasteiger partial charge in [-0.25, -0.2) is 8.78 Å². The molecule has 4 nitrogen and oxygen atoms in total. The van der Waals surface area contributed by atoms with E-state index in [4.69, 9.17) is 6.42 Å². The molecule has 1 amide bonds. The van der Waals surface area contributed by atoms with E-state index < -0.39 is 17.5 Å². The molecule has 2 aromatic carbocycles. The quantitative estimate of drug-likeness (QED) is 0.523. The molecule has 0 aliphatic heterocycles. The fourth-order valence-electron chi connectivity index (χ4n) is 2.45. The van der Waals surface area contributed by atoms with Gasteiger partial charge in [-0.3, -0.25) is 9.59 Å². The predicted octanol–water partition coefficient (Wildman–Crippen LogP) is 3.56. The second-order valence-electron chi connectivity index (χ2n) is 5.46. The van der Waals surface area contributed by atoms with E-state index in [9.17, 15) is 18.4 Å². The van der Waals surface area contributed by atoms with Crippen LogP contribution in [0.25, 0.3) is 10.2 Å². The molecule has 7 heteroatoms. The molecule has 0 aliphatic carbocycles. The second-order valence-corrected chi connectivity index (χ2v) is 6.47. The number of fused-ring (bicyclic) bond motifs is 1. The van der Waals surface area contributed by atoms with Crippen molar-refractivity contribution in [2.24, 2.45) is 4.99 Å². The van der Waals surface area contributed by atoms with Crippen LogP contribution >= 0.6 is 11.3 Å². The molecule has 3 rings (SSSR count). The van der Waals surface area contributed by atoms with Crippen molar-refractivity contribution in [1.29, 1.82) is 0 Å². The zero-order chi connectivity index (χ0) is 18.8. The van der Waals surface area contributed by atoms with Crippen molar-refractivity contribution in [3.05, 3.63) is 64.0 Å². The van der Waals surface area contributed by atoms with Crippen molar-refractivity contribution in [2.75, 3.05) is 0 Å². The predicted molar refractivity (Wildman–Crippen MR) is 94.9 cm³/mol. The zero-order valence-corrected chi connectivity index (χ0v) is 14.4. The monoisotopic (exact) mass is 370 g/mol. The van der Waals surface area contributed by atoms with Crippen LogP contribution in [0.5, 0.6) is 0 Å². The zero-order valence-electron chi connectivity index (χ0n) is 13.6. The van der Waals surface area contributed by atoms with E-state index in [0.717, 1.165) is 17.4 Å². The first-order valence-electron chi connectivity index (χ1n) is 7.52. The molecule has 0 aliphatic rings. The summed E-state index contributed by atoms with van der Waals surface area (Å²) in [5, 5.41) is 0. The topological polar surface area (TPSA) is 51.4 Å². The second kappa shape index (κ2) is 7.02. The molecular formula is C19H12F2N2O2S. The van der Waals surface area contributed by atoms with Crippen LogP contribution in [-0.2, 0) is 6.54 Å². The fourth-order valence-corrected chi connectivity index (χ4v) is 3.52. The third-order valence-corrected chi connectivity index (χ3v) is 4.71. The summed E-state index contributed by atoms with van der Waals surface area (Å²) in [6, 6.07) is 7.96. The van der Waals surface area contributed by atoms with Crippen LogP contribution in [-0.4, -0.2) is 16.3 Å². The van der Waals surface area contributed by atoms with E-state index in [-0.39, 0.29) is 28.2 Å². The number of Topliss-reactive ketones (excluding diaryl/α,β-unsaturated/α-hetero) is 1. The lowest BCUT2D eigenvalue weighted by atomic mass is 10.1. The smallest absolute Gasteiger partial charge is 0.279 e. The standard InChI is InChI=1S/C19H12F2N2O2S/c1-3-8-23-17-15(21)9-14(20)10-16(17)26-19(23)22-18(25)13-6-4-12(5-7-13)11(2)24/h1,4-7,9-10H,8H2,2H3. The highest BCUT2D eigenvalue weighted by Crippen LogP contribution is 2.22. The van der Waals surface area contributed by atoms with Gasteiger partial charge < -0.3 is 4.57 Å². The van der Waals surface area contributed by atoms with Crippen molar-refractivity contribution in [1.82, 2.24) is 4.57 Å². The molecule has 26 heavy (non-hydrogen) atoms. The Hall–Kier alpha value is -3.11. The summed E-state index contributed by atoms with van der Waals surface area (Å²) in [6.45, 7) is 1.41. The minimum atomic E-state index is -0.772. The fraction of sp³-hybridized carbons (Fsp3) is 0.105. The summed E-state index contributed by atoms with van der Waals surface area (Å²) in [5.41, 5.74) is 0.850. The molecule has 0 fully saturated rings. The number of ketones is 1. The van der Waals surface area contributed by atoms with Gasteiger partial charge in [0, 0.05) is 17.2 Å². The van der Waals surface area contributed by atoms with E-state index in [2.05, 4.69) is 10.9 Å². The van der Waals surface area contributed by atoms with Crippen molar-refractivity contribution >= 4 is 33.2 Å². The molecule has 0 spiro atoms. The highest BCUT2D eigenvalue weighted by Gasteiger charge is 2.14. The molecule has 0 radical (unpaired) electrons. The first-order chi connectivity index (χ1) is 12.4. The first-order valence-corrected chi connectivity index (χ1v) is 8.34. The Morgan fingerprint density at radius 1 is 1.19 bits per heavy atom. The number of terminal acetylenes is 1. The van der Waals surface area contributed by atoms with Gasteiger partial charge in [-0.1, -0.05) is 29.4 Å². The lowest BCUT2D eigenvalue weighted by molar-refractivity contribution is 0.0991. The van der Waals surface area contributed by atoms with Gasteiger partial charge in [-0.05, 0) is 25.1 Å². The normalized spacial score (nSPS) is 11.5. The Morgan fingerprint density at radius 3 is 2.46 bits per heavy atom. The Bertz CT molecular complexity index is 1140. The Morgan fingerprint density at radius 2 is 1.85 bits per heavy atom. The third kappa shape index (κ3) is 3.32. The lowest BCUT2D eigenvalue weighted by Gasteiger charge is -2.01. The van der Waals surface area contributed by atoms with Gasteiger partial charge in [-0.2, -0.15) is 4.99 Å². The number of hydrogen-bond acceptors (Lipinski definition) is 3. The first kappa shape index (κ1) is 17.7. The number of nitrogens with zero attached hydrogens (tertiary/aromatic N) is 2. The van der Waals surface area contributed by atoms with Crippen LogP contribution < -0.4 is 4.80 Å². The van der Waals surface area contributed by atoms with Crippen molar-refractivity contribution in [3.8, 4) is 12.3 Å². The average Bonchev–Trinajstić information content (AvgIpc) is 2.92. The molecule has 0 bridgehead atoms. The average molecular weight is 370 g/mol. The van der Waals surface area contributed by atoms with E-state index in [0.29, 0.717) is 10.3 Å². The maximum absolute atomic E-state index is 14.1. The summed E-state index contributed by atoms with van der Waals surface area (Å²) in [6.07, 6.45) is 5.33. The third-order valence-electron chi connectivity index (χ3n) is 3.68. The number of hydrogen-bond donors (Lipinski definition) is 0. The van der Waals surface area contributed by atoms with Crippen LogP contribution in [0.2, 0.25) is 0 Å². The van der Waals surface area contributed by atoms with Gasteiger partial charge in [0.05, 0.1) is 16.8 Å². The molecule has 1 heterocycles. The number of thiazole rings is 1. The Kier molecular flexibility index (Phi) is 4.78. The van der Waals surface area contributed by atoms with Gasteiger partial charge in [0.15, 0.2) is 16.4 Å². The SMILES string of the molecule is C#CCn1c(=NC(=O)c2ccc(C(C)=O)cc2)sc2cc(F)cc(F)c21. The van der Waals surface area contributed by atoms with E-state index in [1.165, 1.54) is 41.8 Å². The molecule has 0 N–H and O–H groups in total. The summed E-state index contributed by atoms with van der Waals surface area (Å²) in [7, 11) is 0. The van der Waals surface area contributed by atoms with Crippen molar-refractivity contribution < 1.29 is 18.4 Å². The van der Waals surface area contributed by atoms with Crippen molar-refractivity contribution in [3.63, 3.8) is 0 Å².